The van der Waals surface area contributed by atoms with E-state index in [4.69, 9.17) is 0 Å². The number of carboxylic acid groups (broad SMARTS) is 1. The van der Waals surface area contributed by atoms with Crippen LogP contribution in [0.25, 0.3) is 11.3 Å². The van der Waals surface area contributed by atoms with Gasteiger partial charge >= 0.3 is 12.1 Å². The smallest absolute Gasteiger partial charge is 0.416 e. The Kier molecular flexibility index (Phi) is 6.79. The summed E-state index contributed by atoms with van der Waals surface area (Å²) in [6.45, 7) is 2.12. The number of hydrogen-bond donors (Lipinski definition) is 1. The number of carboxylic acids is 1. The van der Waals surface area contributed by atoms with Crippen LogP contribution in [-0.2, 0) is 12.7 Å². The molecule has 0 spiro atoms. The van der Waals surface area contributed by atoms with Crippen molar-refractivity contribution in [3.05, 3.63) is 70.1 Å². The molecule has 0 saturated carbocycles. The second-order valence-electron chi connectivity index (χ2n) is 6.84. The lowest BCUT2D eigenvalue weighted by molar-refractivity contribution is -0.137. The first-order valence-electron chi connectivity index (χ1n) is 9.35. The second-order valence-corrected chi connectivity index (χ2v) is 7.76. The van der Waals surface area contributed by atoms with Crippen LogP contribution in [0.15, 0.2) is 42.5 Å². The number of hydrogen-bond acceptors (Lipinski definition) is 5. The van der Waals surface area contributed by atoms with E-state index in [1.807, 2.05) is 0 Å². The van der Waals surface area contributed by atoms with E-state index in [9.17, 15) is 31.9 Å². The van der Waals surface area contributed by atoms with Gasteiger partial charge in [0.1, 0.15) is 11.5 Å². The summed E-state index contributed by atoms with van der Waals surface area (Å²) in [6.07, 6.45) is -4.57. The average Bonchev–Trinajstić information content (AvgIpc) is 3.10. The Morgan fingerprint density at radius 1 is 1.16 bits per heavy atom. The third kappa shape index (κ3) is 5.05. The average molecular weight is 471 g/mol. The number of aromatic carboxylic acids is 1. The van der Waals surface area contributed by atoms with Crippen LogP contribution in [0, 0.1) is 10.9 Å². The van der Waals surface area contributed by atoms with Gasteiger partial charge in [-0.25, -0.2) is 19.2 Å². The van der Waals surface area contributed by atoms with E-state index < -0.39 is 28.7 Å². The molecule has 3 aromatic rings. The molecule has 1 aromatic heterocycles. The van der Waals surface area contributed by atoms with Crippen LogP contribution in [-0.4, -0.2) is 34.7 Å². The van der Waals surface area contributed by atoms with E-state index in [0.717, 1.165) is 24.3 Å². The number of aromatic nitrogens is 1. The molecule has 170 valence electrons. The maximum atomic E-state index is 14.6. The van der Waals surface area contributed by atoms with Gasteiger partial charge in [-0.15, -0.1) is 0 Å². The highest BCUT2D eigenvalue weighted by Crippen LogP contribution is 2.36. The zero-order valence-electron chi connectivity index (χ0n) is 17.0. The molecule has 2 aromatic carbocycles. The number of anilines is 1. The highest BCUT2D eigenvalue weighted by Gasteiger charge is 2.31. The normalized spacial score (nSPS) is 11.8. The monoisotopic (exact) mass is 471 g/mol. The fourth-order valence-corrected chi connectivity index (χ4v) is 4.09. The molecule has 0 fully saturated rings. The summed E-state index contributed by atoms with van der Waals surface area (Å²) in [5.41, 5.74) is -1.01. The van der Waals surface area contributed by atoms with Crippen LogP contribution in [0.2, 0.25) is 0 Å². The van der Waals surface area contributed by atoms with Crippen molar-refractivity contribution in [1.82, 2.24) is 9.99 Å². The highest BCUT2D eigenvalue weighted by molar-refractivity contribution is 7.14. The maximum Gasteiger partial charge on any atom is 0.416 e. The zero-order valence-corrected chi connectivity index (χ0v) is 17.8. The molecule has 0 amide bonds. The Labute approximate surface area is 184 Å². The van der Waals surface area contributed by atoms with Gasteiger partial charge < -0.3 is 5.11 Å². The van der Waals surface area contributed by atoms with Gasteiger partial charge in [0.2, 0.25) is 10.3 Å². The number of nitrogens with zero attached hydrogens (tertiary/aromatic N) is 3. The van der Waals surface area contributed by atoms with E-state index in [1.54, 1.807) is 24.0 Å². The fourth-order valence-electron chi connectivity index (χ4n) is 3.16. The topological polar surface area (TPSA) is 56.7 Å². The van der Waals surface area contributed by atoms with E-state index in [-0.39, 0.29) is 28.5 Å². The number of thiazole rings is 1. The molecule has 0 bridgehead atoms. The van der Waals surface area contributed by atoms with Gasteiger partial charge in [0.15, 0.2) is 0 Å². The summed E-state index contributed by atoms with van der Waals surface area (Å²) in [5.74, 6) is -1.98. The molecule has 11 heteroatoms. The van der Waals surface area contributed by atoms with E-state index in [0.29, 0.717) is 23.4 Å². The summed E-state index contributed by atoms with van der Waals surface area (Å²) in [7, 11) is 1.61. The number of carbonyl (C=O) groups is 1. The lowest BCUT2D eigenvalue weighted by Crippen LogP contribution is -2.39. The Hall–Kier alpha value is -3.05. The number of alkyl halides is 3. The van der Waals surface area contributed by atoms with Crippen molar-refractivity contribution in [1.29, 1.82) is 0 Å². The van der Waals surface area contributed by atoms with Crippen molar-refractivity contribution in [3.8, 4) is 11.3 Å². The molecule has 0 aliphatic rings. The first kappa shape index (κ1) is 23.6. The van der Waals surface area contributed by atoms with Crippen LogP contribution in [0.1, 0.15) is 28.4 Å². The summed E-state index contributed by atoms with van der Waals surface area (Å²) < 4.78 is 67.1. The third-order valence-corrected chi connectivity index (χ3v) is 5.53. The van der Waals surface area contributed by atoms with Crippen LogP contribution >= 0.6 is 11.3 Å². The molecule has 0 atom stereocenters. The van der Waals surface area contributed by atoms with Gasteiger partial charge in [-0.3, -0.25) is 5.01 Å². The first-order chi connectivity index (χ1) is 15.0. The molecule has 5 nitrogen and oxygen atoms in total. The van der Waals surface area contributed by atoms with Crippen molar-refractivity contribution in [3.63, 3.8) is 0 Å². The second kappa shape index (κ2) is 9.21. The van der Waals surface area contributed by atoms with Crippen LogP contribution < -0.4 is 5.01 Å². The standard InChI is InChI=1S/C21H18F5N3O2S/c1-3-29(28(2)11-13-7-8-15(22)10-16(13)19(30)31)20-27-17(18(23)32-20)12-5-4-6-14(9-12)21(24,25)26/h4-10H,3,11H2,1-2H3,(H,30,31). The van der Waals surface area contributed by atoms with Crippen molar-refractivity contribution in [2.45, 2.75) is 19.6 Å². The van der Waals surface area contributed by atoms with Gasteiger partial charge in [-0.05, 0) is 36.8 Å². The summed E-state index contributed by atoms with van der Waals surface area (Å²) >= 11 is 0.656. The minimum atomic E-state index is -4.57. The van der Waals surface area contributed by atoms with Crippen molar-refractivity contribution in [2.75, 3.05) is 18.6 Å². The van der Waals surface area contributed by atoms with Crippen molar-refractivity contribution < 1.29 is 31.9 Å². The maximum absolute atomic E-state index is 14.6. The molecule has 3 rings (SSSR count). The molecule has 1 N–H and O–H groups in total. The summed E-state index contributed by atoms with van der Waals surface area (Å²) in [4.78, 5) is 15.6. The predicted molar refractivity (Wildman–Crippen MR) is 110 cm³/mol. The van der Waals surface area contributed by atoms with Crippen molar-refractivity contribution in [2.24, 2.45) is 0 Å². The predicted octanol–water partition coefficient (Wildman–Crippen LogP) is 5.68. The third-order valence-electron chi connectivity index (χ3n) is 4.67. The van der Waals surface area contributed by atoms with Gasteiger partial charge in [0.25, 0.3) is 0 Å². The largest absolute Gasteiger partial charge is 0.478 e. The number of rotatable bonds is 7. The SMILES string of the molecule is CCN(c1nc(-c2cccc(C(F)(F)F)c2)c(F)s1)N(C)Cc1ccc(F)cc1C(=O)O. The lowest BCUT2D eigenvalue weighted by Gasteiger charge is -2.31. The molecule has 1 heterocycles. The first-order valence-corrected chi connectivity index (χ1v) is 10.2. The fraction of sp³-hybridized carbons (Fsp3) is 0.238. The molecule has 0 saturated heterocycles. The Morgan fingerprint density at radius 3 is 2.50 bits per heavy atom. The molecular weight excluding hydrogens is 453 g/mol. The zero-order chi connectivity index (χ0) is 23.6. The van der Waals surface area contributed by atoms with E-state index in [2.05, 4.69) is 4.98 Å². The number of hydrazine groups is 1. The molecule has 0 aliphatic carbocycles. The summed E-state index contributed by atoms with van der Waals surface area (Å²) in [6, 6.07) is 7.65. The van der Waals surface area contributed by atoms with Gasteiger partial charge in [-0.1, -0.05) is 29.5 Å². The molecule has 0 unspecified atom stereocenters. The van der Waals surface area contributed by atoms with Crippen molar-refractivity contribution >= 4 is 22.4 Å². The Morgan fingerprint density at radius 2 is 1.88 bits per heavy atom. The number of benzene rings is 2. The molecule has 0 radical (unpaired) electrons. The Balaban J connectivity index is 1.90. The van der Waals surface area contributed by atoms with Crippen LogP contribution in [0.3, 0.4) is 0 Å². The minimum Gasteiger partial charge on any atom is -0.478 e. The van der Waals surface area contributed by atoms with Crippen LogP contribution in [0.5, 0.6) is 0 Å². The molecule has 0 aliphatic heterocycles. The Bertz CT molecular complexity index is 1130. The van der Waals surface area contributed by atoms with Gasteiger partial charge in [0.05, 0.1) is 11.1 Å². The minimum absolute atomic E-state index is 0.00905. The lowest BCUT2D eigenvalue weighted by atomic mass is 10.1. The summed E-state index contributed by atoms with van der Waals surface area (Å²) in [5, 5.41) is 11.9. The highest BCUT2D eigenvalue weighted by atomic mass is 32.1. The molecular formula is C21H18F5N3O2S. The van der Waals surface area contributed by atoms with E-state index >= 15 is 0 Å². The van der Waals surface area contributed by atoms with Crippen LogP contribution in [0.4, 0.5) is 27.1 Å². The van der Waals surface area contributed by atoms with Gasteiger partial charge in [-0.2, -0.15) is 17.6 Å². The quantitative estimate of drug-likeness (QED) is 0.355. The molecule has 32 heavy (non-hydrogen) atoms. The van der Waals surface area contributed by atoms with E-state index in [1.165, 1.54) is 18.2 Å². The number of halogens is 5. The van der Waals surface area contributed by atoms with Gasteiger partial charge in [0, 0.05) is 25.7 Å².